The standard InChI is InChI=1S/C33H38ClFN6O5/c1-20(17-36-22(3)42)41-21(2)27(26-6-5-7-28(35)31(26)34)18-39(33(41)45)19-30(43)38-13-11-24(12-14-38)40-15-10-23-16-25(46-4)8-9-29(23)37-32(40)44/h5-9,16,18,20,24H,2,10-15,17,19H2,1,3-4H3,(H,36,42)(H,37,44)/t20-/m1/s1. The summed E-state index contributed by atoms with van der Waals surface area (Å²) in [5.74, 6) is -0.427. The molecule has 1 saturated heterocycles. The van der Waals surface area contributed by atoms with Gasteiger partial charge in [-0.05, 0) is 56.0 Å². The van der Waals surface area contributed by atoms with Crippen molar-refractivity contribution in [2.24, 2.45) is 0 Å². The molecule has 46 heavy (non-hydrogen) atoms. The number of urea groups is 2. The van der Waals surface area contributed by atoms with Crippen LogP contribution in [0.3, 0.4) is 0 Å². The number of fused-ring (bicyclic) bond motifs is 1. The third kappa shape index (κ3) is 6.81. The maximum atomic E-state index is 14.4. The molecule has 3 heterocycles. The van der Waals surface area contributed by atoms with Gasteiger partial charge in [-0.15, -0.1) is 0 Å². The van der Waals surface area contributed by atoms with E-state index in [1.165, 1.54) is 35.1 Å². The van der Waals surface area contributed by atoms with Gasteiger partial charge < -0.3 is 25.2 Å². The van der Waals surface area contributed by atoms with Crippen LogP contribution in [0.25, 0.3) is 5.57 Å². The first-order valence-corrected chi connectivity index (χ1v) is 15.6. The zero-order valence-electron chi connectivity index (χ0n) is 26.1. The van der Waals surface area contributed by atoms with Gasteiger partial charge in [-0.25, -0.2) is 14.0 Å². The van der Waals surface area contributed by atoms with E-state index in [4.69, 9.17) is 16.3 Å². The lowest BCUT2D eigenvalue weighted by Gasteiger charge is -2.41. The zero-order chi connectivity index (χ0) is 33.1. The average molecular weight is 653 g/mol. The minimum absolute atomic E-state index is 0.0491. The van der Waals surface area contributed by atoms with Crippen LogP contribution < -0.4 is 15.4 Å². The maximum Gasteiger partial charge on any atom is 0.329 e. The van der Waals surface area contributed by atoms with Gasteiger partial charge in [-0.2, -0.15) is 0 Å². The summed E-state index contributed by atoms with van der Waals surface area (Å²) < 4.78 is 19.8. The van der Waals surface area contributed by atoms with Crippen LogP contribution in [0.4, 0.5) is 19.7 Å². The average Bonchev–Trinajstić information content (AvgIpc) is 3.20. The van der Waals surface area contributed by atoms with Crippen molar-refractivity contribution in [2.45, 2.75) is 45.2 Å². The summed E-state index contributed by atoms with van der Waals surface area (Å²) in [5, 5.41) is 5.57. The molecular weight excluding hydrogens is 615 g/mol. The maximum absolute atomic E-state index is 14.4. The zero-order valence-corrected chi connectivity index (χ0v) is 26.9. The molecule has 3 aliphatic heterocycles. The second-order valence-corrected chi connectivity index (χ2v) is 12.0. The van der Waals surface area contributed by atoms with Gasteiger partial charge in [-0.3, -0.25) is 19.4 Å². The first kappa shape index (κ1) is 32.8. The van der Waals surface area contributed by atoms with Gasteiger partial charge in [0, 0.05) is 67.9 Å². The first-order valence-electron chi connectivity index (χ1n) is 15.2. The van der Waals surface area contributed by atoms with Gasteiger partial charge >= 0.3 is 12.1 Å². The Kier molecular flexibility index (Phi) is 9.85. The number of ether oxygens (including phenoxy) is 1. The number of piperidine rings is 1. The quantitative estimate of drug-likeness (QED) is 0.430. The number of benzene rings is 2. The highest BCUT2D eigenvalue weighted by molar-refractivity contribution is 6.32. The number of nitrogens with zero attached hydrogens (tertiary/aromatic N) is 4. The molecule has 1 atom stereocenters. The van der Waals surface area contributed by atoms with Crippen LogP contribution in [0.1, 0.15) is 37.8 Å². The number of hydrogen-bond donors (Lipinski definition) is 2. The molecule has 0 saturated carbocycles. The van der Waals surface area contributed by atoms with Crippen LogP contribution in [0.15, 0.2) is 54.9 Å². The van der Waals surface area contributed by atoms with Crippen LogP contribution in [-0.2, 0) is 16.0 Å². The van der Waals surface area contributed by atoms with Crippen LogP contribution in [0.5, 0.6) is 5.75 Å². The van der Waals surface area contributed by atoms with Crippen molar-refractivity contribution >= 4 is 46.7 Å². The van der Waals surface area contributed by atoms with Crippen molar-refractivity contribution in [1.29, 1.82) is 0 Å². The second-order valence-electron chi connectivity index (χ2n) is 11.7. The Morgan fingerprint density at radius 2 is 1.91 bits per heavy atom. The number of hydrogen-bond acceptors (Lipinski definition) is 5. The summed E-state index contributed by atoms with van der Waals surface area (Å²) in [6, 6.07) is 8.70. The Hall–Kier alpha value is -4.58. The lowest BCUT2D eigenvalue weighted by molar-refractivity contribution is -0.132. The van der Waals surface area contributed by atoms with E-state index in [0.29, 0.717) is 50.0 Å². The lowest BCUT2D eigenvalue weighted by atomic mass is 10.00. The van der Waals surface area contributed by atoms with E-state index in [2.05, 4.69) is 17.2 Å². The Morgan fingerprint density at radius 3 is 2.61 bits per heavy atom. The molecule has 0 radical (unpaired) electrons. The third-order valence-corrected chi connectivity index (χ3v) is 9.05. The molecular formula is C33H38ClFN6O5. The molecule has 244 valence electrons. The molecule has 0 aliphatic carbocycles. The molecule has 2 aromatic rings. The van der Waals surface area contributed by atoms with Crippen molar-refractivity contribution in [2.75, 3.05) is 45.2 Å². The highest BCUT2D eigenvalue weighted by atomic mass is 35.5. The number of allylic oxidation sites excluding steroid dienone is 1. The van der Waals surface area contributed by atoms with Crippen LogP contribution >= 0.6 is 11.6 Å². The fourth-order valence-corrected chi connectivity index (χ4v) is 6.36. The first-order chi connectivity index (χ1) is 22.0. The molecule has 0 bridgehead atoms. The topological polar surface area (TPSA) is 115 Å². The number of carbonyl (C=O) groups excluding carboxylic acids is 4. The molecule has 2 aromatic carbocycles. The predicted molar refractivity (Wildman–Crippen MR) is 173 cm³/mol. The second kappa shape index (κ2) is 13.8. The SMILES string of the molecule is C=C1C(c2cccc(F)c2Cl)=CN(CC(=O)N2CCC(N3CCc4cc(OC)ccc4NC3=O)CC2)C(=O)N1[C@H](C)CNC(C)=O. The molecule has 13 heteroatoms. The van der Waals surface area contributed by atoms with Crippen LogP contribution in [0.2, 0.25) is 5.02 Å². The molecule has 0 spiro atoms. The minimum atomic E-state index is -0.630. The molecule has 2 N–H and O–H groups in total. The van der Waals surface area contributed by atoms with Crippen molar-refractivity contribution in [3.05, 3.63) is 76.8 Å². The van der Waals surface area contributed by atoms with E-state index >= 15 is 0 Å². The van der Waals surface area contributed by atoms with Crippen molar-refractivity contribution < 1.29 is 28.3 Å². The number of likely N-dealkylation sites (tertiary alicyclic amines) is 1. The Balaban J connectivity index is 1.28. The normalized spacial score (nSPS) is 18.0. The van der Waals surface area contributed by atoms with Crippen molar-refractivity contribution in [3.63, 3.8) is 0 Å². The van der Waals surface area contributed by atoms with Crippen LogP contribution in [0, 0.1) is 5.82 Å². The summed E-state index contributed by atoms with van der Waals surface area (Å²) in [5.41, 5.74) is 2.75. The third-order valence-electron chi connectivity index (χ3n) is 8.67. The van der Waals surface area contributed by atoms with Crippen molar-refractivity contribution in [3.8, 4) is 5.75 Å². The highest BCUT2D eigenvalue weighted by Gasteiger charge is 2.37. The highest BCUT2D eigenvalue weighted by Crippen LogP contribution is 2.36. The van der Waals surface area contributed by atoms with Gasteiger partial charge in [0.15, 0.2) is 0 Å². The van der Waals surface area contributed by atoms with E-state index in [1.54, 1.807) is 25.0 Å². The predicted octanol–water partition coefficient (Wildman–Crippen LogP) is 4.69. The summed E-state index contributed by atoms with van der Waals surface area (Å²) in [4.78, 5) is 58.2. The summed E-state index contributed by atoms with van der Waals surface area (Å²) in [6.07, 6.45) is 3.33. The van der Waals surface area contributed by atoms with E-state index in [9.17, 15) is 23.6 Å². The fourth-order valence-electron chi connectivity index (χ4n) is 6.13. The van der Waals surface area contributed by atoms with Crippen molar-refractivity contribution in [1.82, 2.24) is 24.9 Å². The summed E-state index contributed by atoms with van der Waals surface area (Å²) >= 11 is 6.32. The Bertz CT molecular complexity index is 1590. The monoisotopic (exact) mass is 652 g/mol. The van der Waals surface area contributed by atoms with Crippen LogP contribution in [-0.4, -0.2) is 95.4 Å². The molecule has 0 unspecified atom stereocenters. The van der Waals surface area contributed by atoms with E-state index in [0.717, 1.165) is 17.0 Å². The smallest absolute Gasteiger partial charge is 0.329 e. The molecule has 5 rings (SSSR count). The molecule has 3 aliphatic rings. The van der Waals surface area contributed by atoms with Gasteiger partial charge in [0.1, 0.15) is 18.1 Å². The van der Waals surface area contributed by atoms with E-state index in [1.807, 2.05) is 23.1 Å². The lowest BCUT2D eigenvalue weighted by Crippen LogP contribution is -2.54. The number of methoxy groups -OCH3 is 1. The molecule has 1 fully saturated rings. The number of amides is 6. The number of halogens is 2. The van der Waals surface area contributed by atoms with Gasteiger partial charge in [0.25, 0.3) is 0 Å². The number of anilines is 1. The molecule has 6 amide bonds. The van der Waals surface area contributed by atoms with Gasteiger partial charge in [-0.1, -0.05) is 30.3 Å². The molecule has 0 aromatic heterocycles. The van der Waals surface area contributed by atoms with E-state index in [-0.39, 0.29) is 47.7 Å². The van der Waals surface area contributed by atoms with E-state index < -0.39 is 17.9 Å². The van der Waals surface area contributed by atoms with Gasteiger partial charge in [0.05, 0.1) is 18.2 Å². The number of carbonyl (C=O) groups is 4. The Labute approximate surface area is 272 Å². The molecule has 11 nitrogen and oxygen atoms in total. The summed E-state index contributed by atoms with van der Waals surface area (Å²) in [7, 11) is 1.61. The number of rotatable bonds is 8. The largest absolute Gasteiger partial charge is 0.497 e. The fraction of sp³-hybridized carbons (Fsp3) is 0.394. The Morgan fingerprint density at radius 1 is 1.17 bits per heavy atom. The minimum Gasteiger partial charge on any atom is -0.497 e. The van der Waals surface area contributed by atoms with Gasteiger partial charge in [0.2, 0.25) is 11.8 Å². The number of nitrogens with one attached hydrogen (secondary N) is 2. The summed E-state index contributed by atoms with van der Waals surface area (Å²) in [6.45, 7) is 8.46.